The molecule has 632 valence electrons. The van der Waals surface area contributed by atoms with Gasteiger partial charge in [-0.25, -0.2) is 19.6 Å². The van der Waals surface area contributed by atoms with Crippen molar-refractivity contribution >= 4 is 146 Å². The summed E-state index contributed by atoms with van der Waals surface area (Å²) in [6.45, 7) is 28.7. The Morgan fingerprint density at radius 3 is 0.855 bits per heavy atom. The molecule has 13 aromatic carbocycles. The van der Waals surface area contributed by atoms with Crippen molar-refractivity contribution in [1.29, 1.82) is 0 Å². The summed E-state index contributed by atoms with van der Waals surface area (Å²) < 4.78 is 14.6. The fourth-order valence-corrected chi connectivity index (χ4v) is 19.9. The Morgan fingerprint density at radius 1 is 0.258 bits per heavy atom. The highest BCUT2D eigenvalue weighted by atomic mass is 16.5. The number of nitrogens with zero attached hydrogens (tertiary/aromatic N) is 6. The maximum atomic E-state index is 16.4. The van der Waals surface area contributed by atoms with E-state index in [0.29, 0.717) is 98.9 Å². The van der Waals surface area contributed by atoms with Crippen LogP contribution in [0.3, 0.4) is 0 Å². The highest BCUT2D eigenvalue weighted by Gasteiger charge is 2.44. The Kier molecular flexibility index (Phi) is 23.4. The number of hydrogen-bond donors (Lipinski definition) is 0. The van der Waals surface area contributed by atoms with Gasteiger partial charge in [0.2, 0.25) is 0 Å². The number of ether oxygens (including phenoxy) is 2. The summed E-state index contributed by atoms with van der Waals surface area (Å²) in [5.41, 5.74) is 9.47. The number of anilines is 6. The van der Waals surface area contributed by atoms with Crippen LogP contribution in [-0.4, -0.2) is 73.4 Å². The molecule has 0 fully saturated rings. The number of carbonyl (C=O) groups is 8. The van der Waals surface area contributed by atoms with Crippen LogP contribution in [0.25, 0.3) is 64.6 Å². The molecule has 13 aromatic rings. The first kappa shape index (κ1) is 83.7. The molecule has 0 bridgehead atoms. The normalized spacial score (nSPS) is 14.0. The second-order valence-electron chi connectivity index (χ2n) is 35.5. The van der Waals surface area contributed by atoms with Crippen LogP contribution in [0.1, 0.15) is 315 Å². The van der Waals surface area contributed by atoms with E-state index < -0.39 is 47.3 Å². The van der Waals surface area contributed by atoms with Gasteiger partial charge in [-0.2, -0.15) is 0 Å². The second-order valence-corrected chi connectivity index (χ2v) is 35.5. The maximum Gasteiger partial charge on any atom is 0.266 e. The van der Waals surface area contributed by atoms with Crippen molar-refractivity contribution in [1.82, 2.24) is 0 Å². The summed E-state index contributed by atoms with van der Waals surface area (Å²) in [7, 11) is 0. The Bertz CT molecular complexity index is 5980. The molecular weight excluding hydrogens is 1540 g/mol. The molecule has 0 saturated heterocycles. The summed E-state index contributed by atoms with van der Waals surface area (Å²) in [6.07, 6.45) is 17.8. The average molecular weight is 1650 g/mol. The lowest BCUT2D eigenvalue weighted by Gasteiger charge is -2.34. The standard InChI is InChI=1S/C108H110N6O10/c1-13-17-21-25-57-109(58-26-22-18-14-2)87-55-53-81-91-75(87)37-31-39-79(91)101(115)111(103(81)117)67-41-45-69(46-42-67)123-89-61-85-93-83(105(119)113(107(85)121)99-71(63(5)6)33-29-34-72(99)64(7)8)52-50-78-96-90(62-86-94-84(51-49-77(98(94)96)95(89)97(78)93)106(120)114(108(86)122)100-73(65(9)10)35-30-36-74(100)66(11)12)124-70-47-43-68(44-48-70)112-102(116)80-40-32-38-76-88(56-54-82(92(76)80)104(112)118)110(59-27-23-19-15-3)60-28-24-20-16-4/h29-56,61-66H,13-28,57-60H2,1-12H3. The van der Waals surface area contributed by atoms with Gasteiger partial charge in [-0.3, -0.25) is 38.4 Å². The first-order chi connectivity index (χ1) is 60.1. The van der Waals surface area contributed by atoms with Crippen molar-refractivity contribution < 1.29 is 47.8 Å². The van der Waals surface area contributed by atoms with E-state index in [0.717, 1.165) is 173 Å². The molecule has 4 aliphatic rings. The van der Waals surface area contributed by atoms with Gasteiger partial charge < -0.3 is 19.3 Å². The van der Waals surface area contributed by atoms with Crippen LogP contribution in [0.4, 0.5) is 34.1 Å². The van der Waals surface area contributed by atoms with Gasteiger partial charge in [-0.05, 0) is 192 Å². The van der Waals surface area contributed by atoms with Crippen LogP contribution in [0.5, 0.6) is 23.0 Å². The molecule has 124 heavy (non-hydrogen) atoms. The van der Waals surface area contributed by atoms with E-state index in [4.69, 9.17) is 9.47 Å². The van der Waals surface area contributed by atoms with E-state index in [1.54, 1.807) is 84.9 Å². The summed E-state index contributed by atoms with van der Waals surface area (Å²) in [5.74, 6) is -3.53. The second kappa shape index (κ2) is 34.6. The summed E-state index contributed by atoms with van der Waals surface area (Å²) in [5, 5.41) is 6.59. The van der Waals surface area contributed by atoms with Gasteiger partial charge in [-0.15, -0.1) is 0 Å². The van der Waals surface area contributed by atoms with E-state index in [1.165, 1.54) is 19.6 Å². The van der Waals surface area contributed by atoms with Crippen LogP contribution >= 0.6 is 0 Å². The molecule has 4 aliphatic heterocycles. The molecule has 16 nitrogen and oxygen atoms in total. The lowest BCUT2D eigenvalue weighted by Crippen LogP contribution is -2.42. The van der Waals surface area contributed by atoms with Gasteiger partial charge >= 0.3 is 0 Å². The number of fused-ring (bicyclic) bond motifs is 2. The Hall–Kier alpha value is -12.6. The van der Waals surface area contributed by atoms with Crippen molar-refractivity contribution in [3.05, 3.63) is 249 Å². The lowest BCUT2D eigenvalue weighted by molar-refractivity contribution is 0.0877. The minimum atomic E-state index is -0.581. The third kappa shape index (κ3) is 14.4. The molecule has 8 amide bonds. The van der Waals surface area contributed by atoms with Crippen LogP contribution < -0.4 is 38.9 Å². The minimum absolute atomic E-state index is 0.102. The predicted octanol–water partition coefficient (Wildman–Crippen LogP) is 27.3. The van der Waals surface area contributed by atoms with Crippen molar-refractivity contribution in [2.24, 2.45) is 0 Å². The topological polar surface area (TPSA) is 174 Å². The van der Waals surface area contributed by atoms with Crippen molar-refractivity contribution in [2.45, 2.75) is 209 Å². The Morgan fingerprint density at radius 2 is 0.540 bits per heavy atom. The highest BCUT2D eigenvalue weighted by molar-refractivity contribution is 6.47. The number of unbranched alkanes of at least 4 members (excludes halogenated alkanes) is 12. The van der Waals surface area contributed by atoms with Crippen LogP contribution in [0.2, 0.25) is 0 Å². The summed E-state index contributed by atoms with van der Waals surface area (Å²) in [4.78, 5) is 136. The van der Waals surface area contributed by atoms with E-state index in [9.17, 15) is 0 Å². The van der Waals surface area contributed by atoms with Gasteiger partial charge in [0, 0.05) is 125 Å². The molecule has 0 unspecified atom stereocenters. The number of carbonyl (C=O) groups excluding carboxylic acids is 8. The SMILES string of the molecule is CCCCCCN(CCCCCC)c1ccc2c3c(cccc13)C(=O)N(c1ccc(Oc3cc4c5c(ccc6c7c(Oc8ccc(N9C(=O)c%10cccc%11c(N(CCCCCC)CCCCCC)ccc(c%10%11)C9=O)cc8)cc8c9c(ccc(c3c56)c97)C(=O)N(c3c(C(C)C)cccc3C(C)C)C8=O)C(=O)N(c3c(C(C)C)cccc3C(C)C)C4=O)cc1)C2=O. The Labute approximate surface area is 726 Å². The molecule has 0 N–H and O–H groups in total. The van der Waals surface area contributed by atoms with E-state index in [2.05, 4.69) is 37.5 Å². The molecule has 17 rings (SSSR count). The first-order valence-electron chi connectivity index (χ1n) is 45.4. The van der Waals surface area contributed by atoms with Crippen LogP contribution in [-0.2, 0) is 0 Å². The largest absolute Gasteiger partial charge is 0.457 e. The smallest absolute Gasteiger partial charge is 0.266 e. The molecule has 0 radical (unpaired) electrons. The lowest BCUT2D eigenvalue weighted by atomic mass is 9.80. The van der Waals surface area contributed by atoms with Gasteiger partial charge in [0.15, 0.2) is 0 Å². The highest BCUT2D eigenvalue weighted by Crippen LogP contribution is 2.56. The van der Waals surface area contributed by atoms with E-state index in [1.807, 2.05) is 152 Å². The van der Waals surface area contributed by atoms with Crippen molar-refractivity contribution in [2.75, 3.05) is 55.6 Å². The quantitative estimate of drug-likeness (QED) is 0.0162. The average Bonchev–Trinajstić information content (AvgIpc) is 0.675. The fraction of sp³-hybridized carbons (Fsp3) is 0.333. The minimum Gasteiger partial charge on any atom is -0.457 e. The summed E-state index contributed by atoms with van der Waals surface area (Å²) >= 11 is 0. The third-order valence-electron chi connectivity index (χ3n) is 26.1. The molecule has 0 aromatic heterocycles. The molecular formula is C108H110N6O10. The number of hydrogen-bond acceptors (Lipinski definition) is 12. The predicted molar refractivity (Wildman–Crippen MR) is 503 cm³/mol. The molecule has 0 atom stereocenters. The zero-order chi connectivity index (χ0) is 86.8. The van der Waals surface area contributed by atoms with E-state index >= 15 is 38.4 Å². The third-order valence-corrected chi connectivity index (χ3v) is 26.1. The van der Waals surface area contributed by atoms with Gasteiger partial charge in [0.05, 0.1) is 33.9 Å². The number of benzene rings is 13. The Balaban J connectivity index is 0.816. The number of amides is 8. The van der Waals surface area contributed by atoms with E-state index in [-0.39, 0.29) is 68.9 Å². The number of imide groups is 4. The van der Waals surface area contributed by atoms with Crippen LogP contribution in [0, 0.1) is 0 Å². The molecule has 0 saturated carbocycles. The number of para-hydroxylation sites is 2. The molecule has 16 heteroatoms. The van der Waals surface area contributed by atoms with Crippen molar-refractivity contribution in [3.8, 4) is 23.0 Å². The molecule has 0 spiro atoms. The molecule has 0 aliphatic carbocycles. The van der Waals surface area contributed by atoms with Gasteiger partial charge in [0.1, 0.15) is 23.0 Å². The monoisotopic (exact) mass is 1650 g/mol. The maximum absolute atomic E-state index is 16.4. The number of rotatable bonds is 34. The van der Waals surface area contributed by atoms with Crippen molar-refractivity contribution in [3.63, 3.8) is 0 Å². The zero-order valence-corrected chi connectivity index (χ0v) is 73.5. The van der Waals surface area contributed by atoms with Gasteiger partial charge in [0.25, 0.3) is 47.3 Å². The van der Waals surface area contributed by atoms with Crippen LogP contribution in [0.15, 0.2) is 182 Å². The summed E-state index contributed by atoms with van der Waals surface area (Å²) in [6, 6.07) is 55.1. The fourth-order valence-electron chi connectivity index (χ4n) is 19.9. The first-order valence-corrected chi connectivity index (χ1v) is 45.4. The molecule has 4 heterocycles. The zero-order valence-electron chi connectivity index (χ0n) is 73.5. The van der Waals surface area contributed by atoms with Gasteiger partial charge in [-0.1, -0.05) is 233 Å².